The topological polar surface area (TPSA) is 80.6 Å². The standard InChI is InChI=1S/C27H31F2N7/c1-15(2)36-17(4)33-26-21(28)11-20(12-23(26)36)25-22(29)14-32-27(35-25)34-24-6-5-19(13-31-24)16(3)18-7-9-30-10-8-18/h5-6,11-16,18,30H,7-10H2,1-4H3,(H,31,32,34,35)/t16-/m0/s1. The highest BCUT2D eigenvalue weighted by Crippen LogP contribution is 2.32. The van der Waals surface area contributed by atoms with Gasteiger partial charge in [0, 0.05) is 17.8 Å². The van der Waals surface area contributed by atoms with Gasteiger partial charge in [-0.15, -0.1) is 0 Å². The zero-order valence-corrected chi connectivity index (χ0v) is 21.0. The highest BCUT2D eigenvalue weighted by Gasteiger charge is 2.22. The maximum Gasteiger partial charge on any atom is 0.229 e. The Bertz CT molecular complexity index is 1380. The van der Waals surface area contributed by atoms with Crippen molar-refractivity contribution in [2.75, 3.05) is 18.4 Å². The van der Waals surface area contributed by atoms with Gasteiger partial charge in [-0.3, -0.25) is 0 Å². The Morgan fingerprint density at radius 1 is 1.00 bits per heavy atom. The van der Waals surface area contributed by atoms with E-state index in [1.54, 1.807) is 6.07 Å². The summed E-state index contributed by atoms with van der Waals surface area (Å²) in [6, 6.07) is 7.01. The number of benzene rings is 1. The Hall–Kier alpha value is -3.46. The minimum Gasteiger partial charge on any atom is -0.326 e. The molecule has 0 spiro atoms. The van der Waals surface area contributed by atoms with Crippen LogP contribution in [0, 0.1) is 24.5 Å². The van der Waals surface area contributed by atoms with Crippen LogP contribution in [0.2, 0.25) is 0 Å². The number of aryl methyl sites for hydroxylation is 1. The smallest absolute Gasteiger partial charge is 0.229 e. The van der Waals surface area contributed by atoms with Crippen molar-refractivity contribution < 1.29 is 8.78 Å². The summed E-state index contributed by atoms with van der Waals surface area (Å²) < 4.78 is 31.7. The Kier molecular flexibility index (Phi) is 6.66. The minimum atomic E-state index is -0.634. The van der Waals surface area contributed by atoms with Gasteiger partial charge in [0.25, 0.3) is 0 Å². The third-order valence-electron chi connectivity index (χ3n) is 7.10. The van der Waals surface area contributed by atoms with E-state index in [9.17, 15) is 8.78 Å². The van der Waals surface area contributed by atoms with E-state index in [1.165, 1.54) is 11.6 Å². The molecule has 0 saturated carbocycles. The molecule has 1 atom stereocenters. The van der Waals surface area contributed by atoms with Crippen LogP contribution < -0.4 is 10.6 Å². The molecule has 0 radical (unpaired) electrons. The van der Waals surface area contributed by atoms with E-state index in [4.69, 9.17) is 0 Å². The van der Waals surface area contributed by atoms with Crippen LogP contribution in [-0.4, -0.2) is 37.6 Å². The lowest BCUT2D eigenvalue weighted by Gasteiger charge is -2.28. The molecule has 36 heavy (non-hydrogen) atoms. The fourth-order valence-electron chi connectivity index (χ4n) is 5.17. The van der Waals surface area contributed by atoms with Crippen LogP contribution in [-0.2, 0) is 0 Å². The molecule has 0 bridgehead atoms. The predicted molar refractivity (Wildman–Crippen MR) is 137 cm³/mol. The molecule has 4 heterocycles. The van der Waals surface area contributed by atoms with E-state index >= 15 is 0 Å². The zero-order chi connectivity index (χ0) is 25.4. The number of rotatable bonds is 6. The Labute approximate surface area is 209 Å². The van der Waals surface area contributed by atoms with Crippen molar-refractivity contribution in [3.63, 3.8) is 0 Å². The summed E-state index contributed by atoms with van der Waals surface area (Å²) in [5.41, 5.74) is 2.39. The molecule has 1 aliphatic heterocycles. The molecule has 7 nitrogen and oxygen atoms in total. The van der Waals surface area contributed by atoms with Crippen LogP contribution in [0.3, 0.4) is 0 Å². The minimum absolute atomic E-state index is 0.0126. The molecule has 0 aliphatic carbocycles. The summed E-state index contributed by atoms with van der Waals surface area (Å²) >= 11 is 0. The van der Waals surface area contributed by atoms with Crippen LogP contribution in [0.5, 0.6) is 0 Å². The number of fused-ring (bicyclic) bond motifs is 1. The molecule has 3 aromatic heterocycles. The number of nitrogens with zero attached hydrogens (tertiary/aromatic N) is 5. The Morgan fingerprint density at radius 3 is 2.47 bits per heavy atom. The van der Waals surface area contributed by atoms with Crippen molar-refractivity contribution in [3.8, 4) is 11.3 Å². The fourth-order valence-corrected chi connectivity index (χ4v) is 5.17. The van der Waals surface area contributed by atoms with Crippen LogP contribution in [0.15, 0.2) is 36.7 Å². The van der Waals surface area contributed by atoms with Gasteiger partial charge in [-0.1, -0.05) is 13.0 Å². The van der Waals surface area contributed by atoms with Crippen molar-refractivity contribution in [1.82, 2.24) is 29.8 Å². The highest BCUT2D eigenvalue weighted by molar-refractivity contribution is 5.83. The highest BCUT2D eigenvalue weighted by atomic mass is 19.1. The van der Waals surface area contributed by atoms with Gasteiger partial charge in [0.1, 0.15) is 22.9 Å². The summed E-state index contributed by atoms with van der Waals surface area (Å²) in [7, 11) is 0. The van der Waals surface area contributed by atoms with Gasteiger partial charge < -0.3 is 15.2 Å². The SMILES string of the molecule is Cc1nc2c(F)cc(-c3nc(Nc4ccc([C@@H](C)C5CCNCC5)cn4)ncc3F)cc2n1C(C)C. The normalized spacial score (nSPS) is 15.5. The average molecular weight is 492 g/mol. The lowest BCUT2D eigenvalue weighted by Crippen LogP contribution is -2.30. The summed E-state index contributed by atoms with van der Waals surface area (Å²) in [5, 5.41) is 6.46. The first kappa shape index (κ1) is 24.2. The van der Waals surface area contributed by atoms with Crippen molar-refractivity contribution in [2.45, 2.75) is 52.5 Å². The number of nitrogens with one attached hydrogen (secondary N) is 2. The van der Waals surface area contributed by atoms with Crippen LogP contribution in [0.1, 0.15) is 57.0 Å². The maximum atomic E-state index is 14.9. The number of hydrogen-bond donors (Lipinski definition) is 2. The number of aromatic nitrogens is 5. The third-order valence-corrected chi connectivity index (χ3v) is 7.10. The number of imidazole rings is 1. The van der Waals surface area contributed by atoms with E-state index in [0.717, 1.165) is 32.1 Å². The van der Waals surface area contributed by atoms with Crippen molar-refractivity contribution in [3.05, 3.63) is 59.7 Å². The number of piperidine rings is 1. The van der Waals surface area contributed by atoms with Crippen LogP contribution in [0.25, 0.3) is 22.3 Å². The van der Waals surface area contributed by atoms with Crippen molar-refractivity contribution in [1.29, 1.82) is 0 Å². The number of halogens is 2. The predicted octanol–water partition coefficient (Wildman–Crippen LogP) is 5.90. The van der Waals surface area contributed by atoms with Gasteiger partial charge in [0.05, 0.1) is 11.7 Å². The first-order valence-electron chi connectivity index (χ1n) is 12.5. The third kappa shape index (κ3) is 4.67. The molecule has 1 aromatic carbocycles. The molecule has 4 aromatic rings. The summed E-state index contributed by atoms with van der Waals surface area (Å²) in [5.74, 6) is 1.36. The number of pyridine rings is 1. The van der Waals surface area contributed by atoms with Gasteiger partial charge in [0.2, 0.25) is 5.95 Å². The van der Waals surface area contributed by atoms with Crippen LogP contribution >= 0.6 is 0 Å². The summed E-state index contributed by atoms with van der Waals surface area (Å²) in [6.45, 7) is 10.2. The molecular formula is C27H31F2N7. The molecule has 0 amide bonds. The fraction of sp³-hybridized carbons (Fsp3) is 0.407. The molecule has 0 unspecified atom stereocenters. The van der Waals surface area contributed by atoms with E-state index in [0.29, 0.717) is 34.6 Å². The summed E-state index contributed by atoms with van der Waals surface area (Å²) in [6.07, 6.45) is 5.29. The van der Waals surface area contributed by atoms with Crippen molar-refractivity contribution >= 4 is 22.8 Å². The van der Waals surface area contributed by atoms with E-state index in [1.807, 2.05) is 37.6 Å². The Balaban J connectivity index is 1.41. The number of hydrogen-bond acceptors (Lipinski definition) is 6. The average Bonchev–Trinajstić information content (AvgIpc) is 3.22. The molecule has 9 heteroatoms. The maximum absolute atomic E-state index is 14.9. The van der Waals surface area contributed by atoms with Crippen LogP contribution in [0.4, 0.5) is 20.5 Å². The van der Waals surface area contributed by atoms with Gasteiger partial charge in [-0.05, 0) is 82.3 Å². The molecule has 1 aliphatic rings. The van der Waals surface area contributed by atoms with E-state index < -0.39 is 11.6 Å². The molecular weight excluding hydrogens is 460 g/mol. The van der Waals surface area contributed by atoms with Gasteiger partial charge in [-0.2, -0.15) is 0 Å². The lowest BCUT2D eigenvalue weighted by atomic mass is 9.82. The van der Waals surface area contributed by atoms with Crippen molar-refractivity contribution in [2.24, 2.45) is 5.92 Å². The zero-order valence-electron chi connectivity index (χ0n) is 21.0. The molecule has 1 fully saturated rings. The largest absolute Gasteiger partial charge is 0.326 e. The first-order valence-corrected chi connectivity index (χ1v) is 12.5. The Morgan fingerprint density at radius 2 is 1.78 bits per heavy atom. The summed E-state index contributed by atoms with van der Waals surface area (Å²) in [4.78, 5) is 17.3. The molecule has 5 rings (SSSR count). The second-order valence-corrected chi connectivity index (χ2v) is 9.82. The van der Waals surface area contributed by atoms with E-state index in [-0.39, 0.29) is 23.2 Å². The molecule has 2 N–H and O–H groups in total. The quantitative estimate of drug-likeness (QED) is 0.349. The lowest BCUT2D eigenvalue weighted by molar-refractivity contribution is 0.330. The van der Waals surface area contributed by atoms with E-state index in [2.05, 4.69) is 43.6 Å². The van der Waals surface area contributed by atoms with Gasteiger partial charge >= 0.3 is 0 Å². The molecule has 1 saturated heterocycles. The monoisotopic (exact) mass is 491 g/mol. The van der Waals surface area contributed by atoms with Gasteiger partial charge in [0.15, 0.2) is 11.6 Å². The number of anilines is 2. The van der Waals surface area contributed by atoms with Gasteiger partial charge in [-0.25, -0.2) is 28.7 Å². The first-order chi connectivity index (χ1) is 17.3. The second-order valence-electron chi connectivity index (χ2n) is 9.82. The molecule has 188 valence electrons. The second kappa shape index (κ2) is 9.89.